The van der Waals surface area contributed by atoms with E-state index in [1.54, 1.807) is 18.2 Å². The lowest BCUT2D eigenvalue weighted by atomic mass is 10.1. The monoisotopic (exact) mass is 239 g/mol. The van der Waals surface area contributed by atoms with Crippen molar-refractivity contribution in [2.45, 2.75) is 12.8 Å². The molecule has 0 amide bonds. The molecule has 1 aliphatic rings. The van der Waals surface area contributed by atoms with Crippen LogP contribution in [0.25, 0.3) is 0 Å². The maximum absolute atomic E-state index is 11.7. The minimum Gasteiger partial charge on any atom is -0.399 e. The van der Waals surface area contributed by atoms with Crippen LogP contribution in [-0.4, -0.2) is 5.78 Å². The van der Waals surface area contributed by atoms with Crippen molar-refractivity contribution in [3.05, 3.63) is 28.2 Å². The molecule has 1 aliphatic carbocycles. The number of anilines is 1. The molecule has 68 valence electrons. The van der Waals surface area contributed by atoms with Gasteiger partial charge in [0.25, 0.3) is 0 Å². The SMILES string of the molecule is Nc1ccc(C(=O)C2CC2)c(Br)c1. The number of benzene rings is 1. The summed E-state index contributed by atoms with van der Waals surface area (Å²) >= 11 is 3.34. The standard InChI is InChI=1S/C10H10BrNO/c11-9-5-7(12)3-4-8(9)10(13)6-1-2-6/h3-6H,1-2,12H2. The van der Waals surface area contributed by atoms with Gasteiger partial charge in [-0.1, -0.05) is 0 Å². The topological polar surface area (TPSA) is 43.1 Å². The first-order valence-electron chi connectivity index (χ1n) is 4.27. The van der Waals surface area contributed by atoms with E-state index < -0.39 is 0 Å². The molecule has 0 atom stereocenters. The third kappa shape index (κ3) is 1.75. The summed E-state index contributed by atoms with van der Waals surface area (Å²) in [7, 11) is 0. The Bertz CT molecular complexity index is 358. The molecule has 0 saturated heterocycles. The summed E-state index contributed by atoms with van der Waals surface area (Å²) in [6, 6.07) is 5.33. The lowest BCUT2D eigenvalue weighted by molar-refractivity contribution is 0.0967. The Hall–Kier alpha value is -0.830. The smallest absolute Gasteiger partial charge is 0.167 e. The molecule has 0 bridgehead atoms. The average molecular weight is 240 g/mol. The third-order valence-electron chi connectivity index (χ3n) is 2.21. The molecule has 0 spiro atoms. The first-order valence-corrected chi connectivity index (χ1v) is 5.07. The van der Waals surface area contributed by atoms with Gasteiger partial charge in [-0.3, -0.25) is 4.79 Å². The van der Waals surface area contributed by atoms with Crippen LogP contribution >= 0.6 is 15.9 Å². The highest BCUT2D eigenvalue weighted by Crippen LogP contribution is 2.34. The summed E-state index contributed by atoms with van der Waals surface area (Å²) < 4.78 is 0.810. The van der Waals surface area contributed by atoms with Gasteiger partial charge in [0.15, 0.2) is 5.78 Å². The molecule has 1 aromatic carbocycles. The van der Waals surface area contributed by atoms with Crippen LogP contribution in [0.3, 0.4) is 0 Å². The van der Waals surface area contributed by atoms with Crippen LogP contribution in [0.4, 0.5) is 5.69 Å². The summed E-state index contributed by atoms with van der Waals surface area (Å²) in [5.74, 6) is 0.506. The van der Waals surface area contributed by atoms with E-state index in [4.69, 9.17) is 5.73 Å². The molecule has 1 saturated carbocycles. The lowest BCUT2D eigenvalue weighted by Gasteiger charge is -2.02. The van der Waals surface area contributed by atoms with Crippen molar-refractivity contribution >= 4 is 27.4 Å². The van der Waals surface area contributed by atoms with E-state index in [1.807, 2.05) is 0 Å². The highest BCUT2D eigenvalue weighted by atomic mass is 79.9. The molecule has 1 aromatic rings. The van der Waals surface area contributed by atoms with E-state index in [1.165, 1.54) is 0 Å². The minimum atomic E-state index is 0.242. The Kier molecular flexibility index (Phi) is 2.12. The molecule has 1 fully saturated rings. The van der Waals surface area contributed by atoms with Gasteiger partial charge in [-0.2, -0.15) is 0 Å². The number of rotatable bonds is 2. The molecule has 0 aromatic heterocycles. The average Bonchev–Trinajstić information content (AvgIpc) is 2.85. The Morgan fingerprint density at radius 1 is 1.46 bits per heavy atom. The molecule has 0 heterocycles. The van der Waals surface area contributed by atoms with Gasteiger partial charge in [-0.05, 0) is 47.0 Å². The van der Waals surface area contributed by atoms with Crippen LogP contribution in [0.2, 0.25) is 0 Å². The molecule has 3 heteroatoms. The zero-order valence-corrected chi connectivity index (χ0v) is 8.67. The van der Waals surface area contributed by atoms with Gasteiger partial charge >= 0.3 is 0 Å². The Morgan fingerprint density at radius 2 is 2.15 bits per heavy atom. The van der Waals surface area contributed by atoms with Gasteiger partial charge in [0, 0.05) is 21.6 Å². The molecule has 2 nitrogen and oxygen atoms in total. The van der Waals surface area contributed by atoms with Crippen molar-refractivity contribution in [3.63, 3.8) is 0 Å². The van der Waals surface area contributed by atoms with Crippen molar-refractivity contribution in [1.82, 2.24) is 0 Å². The maximum Gasteiger partial charge on any atom is 0.167 e. The highest BCUT2D eigenvalue weighted by molar-refractivity contribution is 9.10. The first kappa shape index (κ1) is 8.75. The van der Waals surface area contributed by atoms with Crippen LogP contribution in [0.1, 0.15) is 23.2 Å². The van der Waals surface area contributed by atoms with Gasteiger partial charge in [-0.25, -0.2) is 0 Å². The number of nitrogen functional groups attached to an aromatic ring is 1. The molecule has 0 radical (unpaired) electrons. The van der Waals surface area contributed by atoms with Crippen molar-refractivity contribution in [2.24, 2.45) is 5.92 Å². The Labute approximate surface area is 85.3 Å². The zero-order valence-electron chi connectivity index (χ0n) is 7.09. The van der Waals surface area contributed by atoms with Gasteiger partial charge < -0.3 is 5.73 Å². The van der Waals surface area contributed by atoms with Crippen molar-refractivity contribution in [3.8, 4) is 0 Å². The van der Waals surface area contributed by atoms with Crippen LogP contribution in [0.5, 0.6) is 0 Å². The second-order valence-electron chi connectivity index (χ2n) is 3.38. The van der Waals surface area contributed by atoms with Crippen LogP contribution in [0.15, 0.2) is 22.7 Å². The molecule has 2 rings (SSSR count). The second-order valence-corrected chi connectivity index (χ2v) is 4.23. The Balaban J connectivity index is 2.33. The lowest BCUT2D eigenvalue weighted by Crippen LogP contribution is -2.02. The first-order chi connectivity index (χ1) is 6.18. The van der Waals surface area contributed by atoms with Crippen molar-refractivity contribution in [1.29, 1.82) is 0 Å². The second kappa shape index (κ2) is 3.14. The molecule has 0 aliphatic heterocycles. The summed E-state index contributed by atoms with van der Waals surface area (Å²) in [4.78, 5) is 11.7. The molecule has 13 heavy (non-hydrogen) atoms. The van der Waals surface area contributed by atoms with Crippen LogP contribution < -0.4 is 5.73 Å². The number of halogens is 1. The Morgan fingerprint density at radius 3 is 2.69 bits per heavy atom. The molecule has 0 unspecified atom stereocenters. The van der Waals surface area contributed by atoms with Gasteiger partial charge in [0.05, 0.1) is 0 Å². The van der Waals surface area contributed by atoms with Crippen molar-refractivity contribution < 1.29 is 4.79 Å². The summed E-state index contributed by atoms with van der Waals surface area (Å²) in [6.07, 6.45) is 2.07. The predicted octanol–water partition coefficient (Wildman–Crippen LogP) is 2.62. The van der Waals surface area contributed by atoms with E-state index >= 15 is 0 Å². The van der Waals surface area contributed by atoms with Crippen LogP contribution in [0, 0.1) is 5.92 Å². The van der Waals surface area contributed by atoms with E-state index in [9.17, 15) is 4.79 Å². The van der Waals surface area contributed by atoms with E-state index in [-0.39, 0.29) is 11.7 Å². The van der Waals surface area contributed by atoms with Crippen LogP contribution in [-0.2, 0) is 0 Å². The fourth-order valence-corrected chi connectivity index (χ4v) is 1.89. The minimum absolute atomic E-state index is 0.242. The van der Waals surface area contributed by atoms with Gasteiger partial charge in [0.2, 0.25) is 0 Å². The third-order valence-corrected chi connectivity index (χ3v) is 2.86. The predicted molar refractivity (Wildman–Crippen MR) is 55.6 cm³/mol. The highest BCUT2D eigenvalue weighted by Gasteiger charge is 2.31. The number of hydrogen-bond donors (Lipinski definition) is 1. The summed E-state index contributed by atoms with van der Waals surface area (Å²) in [5.41, 5.74) is 7.02. The summed E-state index contributed by atoms with van der Waals surface area (Å²) in [5, 5.41) is 0. The number of nitrogens with two attached hydrogens (primary N) is 1. The van der Waals surface area contributed by atoms with E-state index in [0.717, 1.165) is 22.9 Å². The maximum atomic E-state index is 11.7. The fourth-order valence-electron chi connectivity index (χ4n) is 1.30. The van der Waals surface area contributed by atoms with Crippen molar-refractivity contribution in [2.75, 3.05) is 5.73 Å². The number of Topliss-reactive ketones (excluding diaryl/α,β-unsaturated/α-hetero) is 1. The van der Waals surface area contributed by atoms with Gasteiger partial charge in [0.1, 0.15) is 0 Å². The number of carbonyl (C=O) groups is 1. The van der Waals surface area contributed by atoms with E-state index in [0.29, 0.717) is 5.69 Å². The number of carbonyl (C=O) groups excluding carboxylic acids is 1. The fraction of sp³-hybridized carbons (Fsp3) is 0.300. The molecular formula is C10H10BrNO. The van der Waals surface area contributed by atoms with Gasteiger partial charge in [-0.15, -0.1) is 0 Å². The molecule has 2 N–H and O–H groups in total. The molecular weight excluding hydrogens is 230 g/mol. The zero-order chi connectivity index (χ0) is 9.42. The number of hydrogen-bond acceptors (Lipinski definition) is 2. The quantitative estimate of drug-likeness (QED) is 0.637. The normalized spacial score (nSPS) is 15.8. The largest absolute Gasteiger partial charge is 0.399 e. The summed E-state index contributed by atoms with van der Waals surface area (Å²) in [6.45, 7) is 0. The number of ketones is 1. The van der Waals surface area contributed by atoms with E-state index in [2.05, 4.69) is 15.9 Å².